The largest absolute Gasteiger partial charge is 0.456 e. The molecule has 0 atom stereocenters. The van der Waals surface area contributed by atoms with Crippen LogP contribution in [0.2, 0.25) is 0 Å². The minimum absolute atomic E-state index is 0.0522. The van der Waals surface area contributed by atoms with Gasteiger partial charge in [0.15, 0.2) is 5.84 Å². The second-order valence-electron chi connectivity index (χ2n) is 16.5. The van der Waals surface area contributed by atoms with E-state index in [2.05, 4.69) is 159 Å². The van der Waals surface area contributed by atoms with E-state index in [-0.39, 0.29) is 5.41 Å². The fraction of sp³-hybridized carbons (Fsp3) is 0.0690. The van der Waals surface area contributed by atoms with Crippen LogP contribution in [0, 0.1) is 0 Å². The average Bonchev–Trinajstić information content (AvgIpc) is 3.80. The van der Waals surface area contributed by atoms with E-state index in [1.807, 2.05) is 73.7 Å². The zero-order valence-corrected chi connectivity index (χ0v) is 35.1. The third-order valence-corrected chi connectivity index (χ3v) is 12.0. The fourth-order valence-electron chi connectivity index (χ4n) is 8.95. The van der Waals surface area contributed by atoms with E-state index in [0.717, 1.165) is 78.1 Å². The molecule has 0 saturated carbocycles. The number of amidine groups is 1. The summed E-state index contributed by atoms with van der Waals surface area (Å²) in [5.41, 5.74) is 17.3. The molecule has 9 aromatic rings. The lowest BCUT2D eigenvalue weighted by Gasteiger charge is -2.27. The summed E-state index contributed by atoms with van der Waals surface area (Å²) >= 11 is 0. The van der Waals surface area contributed by atoms with E-state index in [9.17, 15) is 0 Å². The minimum atomic E-state index is -0.0522. The number of para-hydroxylation sites is 1. The highest BCUT2D eigenvalue weighted by Gasteiger charge is 2.35. The van der Waals surface area contributed by atoms with Crippen LogP contribution in [0.25, 0.3) is 49.9 Å². The van der Waals surface area contributed by atoms with Gasteiger partial charge in [-0.05, 0) is 106 Å². The molecule has 0 N–H and O–H groups in total. The van der Waals surface area contributed by atoms with E-state index in [4.69, 9.17) is 14.4 Å². The molecule has 62 heavy (non-hydrogen) atoms. The number of hydrogen-bond acceptors (Lipinski definition) is 3. The van der Waals surface area contributed by atoms with Gasteiger partial charge in [-0.3, -0.25) is 0 Å². The van der Waals surface area contributed by atoms with Gasteiger partial charge in [-0.25, -0.2) is 9.98 Å². The summed E-state index contributed by atoms with van der Waals surface area (Å²) < 4.78 is 6.61. The normalized spacial score (nSPS) is 13.2. The number of nitrogens with zero attached hydrogens (tertiary/aromatic N) is 3. The predicted octanol–water partition coefficient (Wildman–Crippen LogP) is 15.5. The third kappa shape index (κ3) is 6.86. The first-order chi connectivity index (χ1) is 30.2. The maximum Gasteiger partial charge on any atom is 0.160 e. The monoisotopic (exact) mass is 799 g/mol. The summed E-state index contributed by atoms with van der Waals surface area (Å²) in [6.45, 7) is 15.2. The van der Waals surface area contributed by atoms with Gasteiger partial charge in [0.25, 0.3) is 0 Å². The molecular weight excluding hydrogens is 755 g/mol. The van der Waals surface area contributed by atoms with Crippen LogP contribution in [0.5, 0.6) is 0 Å². The minimum Gasteiger partial charge on any atom is -0.456 e. The molecule has 0 bridgehead atoms. The summed E-state index contributed by atoms with van der Waals surface area (Å²) in [7, 11) is 0. The van der Waals surface area contributed by atoms with E-state index in [1.165, 1.54) is 22.3 Å². The molecule has 8 aromatic carbocycles. The Morgan fingerprint density at radius 3 is 1.84 bits per heavy atom. The summed E-state index contributed by atoms with van der Waals surface area (Å²) in [6, 6.07) is 67.8. The Kier molecular flexibility index (Phi) is 9.69. The van der Waals surface area contributed by atoms with Crippen molar-refractivity contribution in [1.82, 2.24) is 0 Å². The molecule has 0 amide bonds. The molecule has 4 nitrogen and oxygen atoms in total. The van der Waals surface area contributed by atoms with Crippen LogP contribution in [0.3, 0.4) is 0 Å². The van der Waals surface area contributed by atoms with Crippen molar-refractivity contribution in [2.75, 3.05) is 4.90 Å². The highest BCUT2D eigenvalue weighted by molar-refractivity contribution is 6.21. The number of benzene rings is 8. The van der Waals surface area contributed by atoms with E-state index in [0.29, 0.717) is 11.5 Å². The van der Waals surface area contributed by atoms with Gasteiger partial charge in [-0.1, -0.05) is 167 Å². The van der Waals surface area contributed by atoms with Crippen LogP contribution in [-0.2, 0) is 5.41 Å². The van der Waals surface area contributed by atoms with Crippen molar-refractivity contribution in [3.05, 3.63) is 241 Å². The average molecular weight is 800 g/mol. The molecule has 1 aliphatic rings. The molecule has 10 rings (SSSR count). The number of rotatable bonds is 9. The van der Waals surface area contributed by atoms with E-state index < -0.39 is 0 Å². The lowest BCUT2D eigenvalue weighted by molar-refractivity contribution is 0.660. The lowest BCUT2D eigenvalue weighted by atomic mass is 9.82. The lowest BCUT2D eigenvalue weighted by Crippen LogP contribution is -2.15. The Hall–Kier alpha value is -7.82. The zero-order chi connectivity index (χ0) is 42.4. The van der Waals surface area contributed by atoms with E-state index >= 15 is 0 Å². The van der Waals surface area contributed by atoms with Gasteiger partial charge in [0.05, 0.1) is 11.4 Å². The van der Waals surface area contributed by atoms with Crippen LogP contribution in [0.1, 0.15) is 48.6 Å². The molecule has 0 unspecified atom stereocenters. The van der Waals surface area contributed by atoms with Gasteiger partial charge < -0.3 is 9.32 Å². The van der Waals surface area contributed by atoms with Crippen molar-refractivity contribution < 1.29 is 4.42 Å². The summed E-state index contributed by atoms with van der Waals surface area (Å²) in [5.74, 6) is 0.559. The second kappa shape index (κ2) is 15.7. The SMILES string of the molecule is C=C(C)C(=NC(=NC(=C)c1ccccc1)c1ccccc1)c1ccc2c(c1)oc1cccc(-c3ccc(N(c4ccccc4)c4ccc5c(c4)-c4ccccc4C5(C)C)cc3)c12. The first kappa shape index (κ1) is 38.4. The van der Waals surface area contributed by atoms with Gasteiger partial charge >= 0.3 is 0 Å². The van der Waals surface area contributed by atoms with E-state index in [1.54, 1.807) is 0 Å². The molecular formula is C58H45N3O. The molecule has 4 heteroatoms. The molecule has 0 spiro atoms. The predicted molar refractivity (Wildman–Crippen MR) is 261 cm³/mol. The van der Waals surface area contributed by atoms with Crippen molar-refractivity contribution in [2.45, 2.75) is 26.2 Å². The molecule has 0 aliphatic heterocycles. The van der Waals surface area contributed by atoms with Crippen LogP contribution < -0.4 is 4.90 Å². The molecule has 1 heterocycles. The van der Waals surface area contributed by atoms with Crippen molar-refractivity contribution in [2.24, 2.45) is 9.98 Å². The Morgan fingerprint density at radius 2 is 1.11 bits per heavy atom. The Bertz CT molecular complexity index is 3230. The second-order valence-corrected chi connectivity index (χ2v) is 16.5. The number of aliphatic imine (C=N–C) groups is 2. The highest BCUT2D eigenvalue weighted by Crippen LogP contribution is 2.50. The Balaban J connectivity index is 1.02. The standard InChI is InChI=1S/C58H45N3O/c1-38(2)56(60-57(42-20-11-7-12-21-42)59-39(3)40-18-9-6-10-19-40)43-30-34-49-54(36-43)62-53-27-17-25-47(55(49)53)41-28-31-45(32-29-41)61(44-22-13-8-14-23-44)46-33-35-52-50(37-46)48-24-15-16-26-51(48)58(52,4)5/h6-37H,1,3H2,2,4-5H3. The van der Waals surface area contributed by atoms with Crippen molar-refractivity contribution in [3.63, 3.8) is 0 Å². The van der Waals surface area contributed by atoms with Crippen LogP contribution >= 0.6 is 0 Å². The van der Waals surface area contributed by atoms with Crippen LogP contribution in [0.4, 0.5) is 17.1 Å². The van der Waals surface area contributed by atoms with Crippen molar-refractivity contribution >= 4 is 56.2 Å². The van der Waals surface area contributed by atoms with Crippen molar-refractivity contribution in [3.8, 4) is 22.3 Å². The molecule has 1 aliphatic carbocycles. The molecule has 0 fully saturated rings. The third-order valence-electron chi connectivity index (χ3n) is 12.0. The molecule has 0 saturated heterocycles. The van der Waals surface area contributed by atoms with Gasteiger partial charge in [0, 0.05) is 44.4 Å². The molecule has 298 valence electrons. The smallest absolute Gasteiger partial charge is 0.160 e. The summed E-state index contributed by atoms with van der Waals surface area (Å²) in [6.07, 6.45) is 0. The first-order valence-electron chi connectivity index (χ1n) is 21.0. The quantitative estimate of drug-likeness (QED) is 0.108. The maximum absolute atomic E-state index is 6.61. The number of anilines is 3. The fourth-order valence-corrected chi connectivity index (χ4v) is 8.95. The van der Waals surface area contributed by atoms with Gasteiger partial charge in [-0.2, -0.15) is 0 Å². The molecule has 0 radical (unpaired) electrons. The first-order valence-corrected chi connectivity index (χ1v) is 21.0. The number of furan rings is 1. The van der Waals surface area contributed by atoms with Gasteiger partial charge in [-0.15, -0.1) is 0 Å². The Labute approximate surface area is 363 Å². The number of allylic oxidation sites excluding steroid dienone is 1. The van der Waals surface area contributed by atoms with Gasteiger partial charge in [0.1, 0.15) is 11.2 Å². The van der Waals surface area contributed by atoms with Gasteiger partial charge in [0.2, 0.25) is 0 Å². The summed E-state index contributed by atoms with van der Waals surface area (Å²) in [4.78, 5) is 12.5. The number of hydrogen-bond donors (Lipinski definition) is 0. The number of fused-ring (bicyclic) bond motifs is 6. The Morgan fingerprint density at radius 1 is 0.500 bits per heavy atom. The zero-order valence-electron chi connectivity index (χ0n) is 35.1. The van der Waals surface area contributed by atoms with Crippen LogP contribution in [-0.4, -0.2) is 11.5 Å². The molecule has 1 aromatic heterocycles. The summed E-state index contributed by atoms with van der Waals surface area (Å²) in [5, 5.41) is 2.10. The topological polar surface area (TPSA) is 41.1 Å². The van der Waals surface area contributed by atoms with Crippen molar-refractivity contribution in [1.29, 1.82) is 0 Å². The van der Waals surface area contributed by atoms with Crippen LogP contribution in [0.15, 0.2) is 227 Å². The highest BCUT2D eigenvalue weighted by atomic mass is 16.3. The maximum atomic E-state index is 6.61.